The SMILES string of the molecule is COC(=O)C(N)CSC(C)C(=O)NC(N)=O. The first kappa shape index (κ1) is 14.7. The van der Waals surface area contributed by atoms with E-state index in [0.717, 1.165) is 11.8 Å². The molecule has 5 N–H and O–H groups in total. The molecule has 0 aliphatic carbocycles. The van der Waals surface area contributed by atoms with E-state index in [2.05, 4.69) is 4.74 Å². The first-order valence-electron chi connectivity index (χ1n) is 4.43. The van der Waals surface area contributed by atoms with Gasteiger partial charge in [-0.05, 0) is 6.92 Å². The van der Waals surface area contributed by atoms with Gasteiger partial charge in [0.2, 0.25) is 5.91 Å². The number of imide groups is 1. The van der Waals surface area contributed by atoms with Crippen molar-refractivity contribution in [3.05, 3.63) is 0 Å². The second-order valence-electron chi connectivity index (χ2n) is 2.96. The lowest BCUT2D eigenvalue weighted by Gasteiger charge is -2.12. The highest BCUT2D eigenvalue weighted by atomic mass is 32.2. The van der Waals surface area contributed by atoms with Crippen LogP contribution in [0.15, 0.2) is 0 Å². The topological polar surface area (TPSA) is 125 Å². The number of ether oxygens (including phenoxy) is 1. The van der Waals surface area contributed by atoms with Gasteiger partial charge >= 0.3 is 12.0 Å². The van der Waals surface area contributed by atoms with Crippen molar-refractivity contribution in [2.75, 3.05) is 12.9 Å². The number of urea groups is 1. The number of amides is 3. The number of rotatable bonds is 5. The first-order chi connectivity index (χ1) is 7.38. The molecule has 0 saturated heterocycles. The number of nitrogens with two attached hydrogens (primary N) is 2. The van der Waals surface area contributed by atoms with Gasteiger partial charge in [0.25, 0.3) is 0 Å². The van der Waals surface area contributed by atoms with Gasteiger partial charge in [-0.1, -0.05) is 0 Å². The Balaban J connectivity index is 3.97. The fourth-order valence-electron chi connectivity index (χ4n) is 0.766. The molecule has 0 aliphatic rings. The van der Waals surface area contributed by atoms with Crippen LogP contribution < -0.4 is 16.8 Å². The molecule has 0 aromatic heterocycles. The summed E-state index contributed by atoms with van der Waals surface area (Å²) in [5, 5.41) is 1.41. The lowest BCUT2D eigenvalue weighted by atomic mass is 10.4. The predicted octanol–water partition coefficient (Wildman–Crippen LogP) is -1.20. The Morgan fingerprint density at radius 2 is 2.00 bits per heavy atom. The molecule has 0 spiro atoms. The summed E-state index contributed by atoms with van der Waals surface area (Å²) < 4.78 is 4.42. The Hall–Kier alpha value is -1.28. The van der Waals surface area contributed by atoms with Gasteiger partial charge in [0.1, 0.15) is 6.04 Å². The minimum Gasteiger partial charge on any atom is -0.468 e. The maximum Gasteiger partial charge on any atom is 0.323 e. The zero-order chi connectivity index (χ0) is 12.7. The molecule has 0 radical (unpaired) electrons. The molecular formula is C8H15N3O4S. The van der Waals surface area contributed by atoms with Crippen molar-refractivity contribution in [1.82, 2.24) is 5.32 Å². The van der Waals surface area contributed by atoms with E-state index in [4.69, 9.17) is 11.5 Å². The summed E-state index contributed by atoms with van der Waals surface area (Å²) in [7, 11) is 1.23. The van der Waals surface area contributed by atoms with Crippen molar-refractivity contribution >= 4 is 29.7 Å². The van der Waals surface area contributed by atoms with E-state index in [1.807, 2.05) is 5.32 Å². The van der Waals surface area contributed by atoms with Gasteiger partial charge in [0, 0.05) is 5.75 Å². The molecule has 0 aliphatic heterocycles. The zero-order valence-electron chi connectivity index (χ0n) is 9.06. The van der Waals surface area contributed by atoms with Crippen molar-refractivity contribution in [2.24, 2.45) is 11.5 Å². The average molecular weight is 249 g/mol. The molecule has 2 unspecified atom stereocenters. The van der Waals surface area contributed by atoms with Crippen LogP contribution in [-0.4, -0.2) is 42.1 Å². The van der Waals surface area contributed by atoms with Crippen molar-refractivity contribution in [3.63, 3.8) is 0 Å². The molecule has 8 heteroatoms. The number of nitrogens with one attached hydrogen (secondary N) is 1. The average Bonchev–Trinajstić information content (AvgIpc) is 2.23. The molecule has 92 valence electrons. The van der Waals surface area contributed by atoms with Crippen molar-refractivity contribution in [1.29, 1.82) is 0 Å². The summed E-state index contributed by atoms with van der Waals surface area (Å²) in [5.41, 5.74) is 10.2. The minimum absolute atomic E-state index is 0.222. The Labute approximate surface area is 97.2 Å². The highest BCUT2D eigenvalue weighted by Gasteiger charge is 2.19. The fraction of sp³-hybridized carbons (Fsp3) is 0.625. The lowest BCUT2D eigenvalue weighted by Crippen LogP contribution is -2.40. The lowest BCUT2D eigenvalue weighted by molar-refractivity contribution is -0.141. The molecule has 0 rings (SSSR count). The summed E-state index contributed by atoms with van der Waals surface area (Å²) in [6, 6.07) is -1.70. The Morgan fingerprint density at radius 3 is 2.44 bits per heavy atom. The maximum atomic E-state index is 11.2. The molecule has 0 heterocycles. The van der Waals surface area contributed by atoms with Crippen LogP contribution in [0, 0.1) is 0 Å². The van der Waals surface area contributed by atoms with Gasteiger partial charge in [-0.2, -0.15) is 0 Å². The molecule has 3 amide bonds. The highest BCUT2D eigenvalue weighted by molar-refractivity contribution is 8.00. The Morgan fingerprint density at radius 1 is 1.44 bits per heavy atom. The summed E-state index contributed by atoms with van der Waals surface area (Å²) in [6.45, 7) is 1.58. The van der Waals surface area contributed by atoms with E-state index in [9.17, 15) is 14.4 Å². The van der Waals surface area contributed by atoms with Crippen molar-refractivity contribution < 1.29 is 19.1 Å². The van der Waals surface area contributed by atoms with Crippen LogP contribution in [0.2, 0.25) is 0 Å². The molecular weight excluding hydrogens is 234 g/mol. The number of thioether (sulfide) groups is 1. The molecule has 2 atom stereocenters. The molecule has 0 bridgehead atoms. The molecule has 7 nitrogen and oxygen atoms in total. The first-order valence-corrected chi connectivity index (χ1v) is 5.48. The Bertz CT molecular complexity index is 284. The van der Waals surface area contributed by atoms with Gasteiger partial charge in [-0.3, -0.25) is 14.9 Å². The van der Waals surface area contributed by atoms with E-state index in [1.54, 1.807) is 6.92 Å². The second kappa shape index (κ2) is 7.07. The maximum absolute atomic E-state index is 11.2. The van der Waals surface area contributed by atoms with Gasteiger partial charge in [0.05, 0.1) is 12.4 Å². The molecule has 0 saturated carbocycles. The summed E-state index contributed by atoms with van der Waals surface area (Å²) in [4.78, 5) is 32.5. The number of primary amides is 1. The van der Waals surface area contributed by atoms with E-state index in [1.165, 1.54) is 7.11 Å². The molecule has 0 aromatic carbocycles. The van der Waals surface area contributed by atoms with Crippen LogP contribution in [0.3, 0.4) is 0 Å². The van der Waals surface area contributed by atoms with Crippen LogP contribution >= 0.6 is 11.8 Å². The largest absolute Gasteiger partial charge is 0.468 e. The smallest absolute Gasteiger partial charge is 0.323 e. The summed E-state index contributed by atoms with van der Waals surface area (Å²) in [5.74, 6) is -0.843. The van der Waals surface area contributed by atoms with Gasteiger partial charge in [-0.25, -0.2) is 4.79 Å². The predicted molar refractivity (Wildman–Crippen MR) is 59.6 cm³/mol. The third-order valence-electron chi connectivity index (χ3n) is 1.65. The van der Waals surface area contributed by atoms with Crippen molar-refractivity contribution in [2.45, 2.75) is 18.2 Å². The number of esters is 1. The molecule has 0 fully saturated rings. The van der Waals surface area contributed by atoms with Crippen LogP contribution in [0.4, 0.5) is 4.79 Å². The van der Waals surface area contributed by atoms with E-state index in [0.29, 0.717) is 0 Å². The van der Waals surface area contributed by atoms with E-state index in [-0.39, 0.29) is 5.75 Å². The summed E-state index contributed by atoms with van der Waals surface area (Å²) >= 11 is 1.13. The summed E-state index contributed by atoms with van der Waals surface area (Å²) in [6.07, 6.45) is 0. The number of hydrogen-bond donors (Lipinski definition) is 3. The minimum atomic E-state index is -0.908. The number of hydrogen-bond acceptors (Lipinski definition) is 6. The van der Waals surface area contributed by atoms with Crippen LogP contribution in [0.25, 0.3) is 0 Å². The highest BCUT2D eigenvalue weighted by Crippen LogP contribution is 2.11. The van der Waals surface area contributed by atoms with E-state index < -0.39 is 29.2 Å². The van der Waals surface area contributed by atoms with Crippen LogP contribution in [0.1, 0.15) is 6.92 Å². The third kappa shape index (κ3) is 5.56. The van der Waals surface area contributed by atoms with Gasteiger partial charge < -0.3 is 16.2 Å². The van der Waals surface area contributed by atoms with Crippen molar-refractivity contribution in [3.8, 4) is 0 Å². The third-order valence-corrected chi connectivity index (χ3v) is 2.91. The fourth-order valence-corrected chi connectivity index (χ4v) is 1.61. The monoisotopic (exact) mass is 249 g/mol. The second-order valence-corrected chi connectivity index (χ2v) is 4.33. The number of methoxy groups -OCH3 is 1. The van der Waals surface area contributed by atoms with Gasteiger partial charge in [-0.15, -0.1) is 11.8 Å². The van der Waals surface area contributed by atoms with Crippen LogP contribution in [0.5, 0.6) is 0 Å². The quantitative estimate of drug-likeness (QED) is 0.526. The normalized spacial score (nSPS) is 13.7. The molecule has 16 heavy (non-hydrogen) atoms. The number of carbonyl (C=O) groups is 3. The Kier molecular flexibility index (Phi) is 6.50. The van der Waals surface area contributed by atoms with E-state index >= 15 is 0 Å². The zero-order valence-corrected chi connectivity index (χ0v) is 9.87. The van der Waals surface area contributed by atoms with Gasteiger partial charge in [0.15, 0.2) is 0 Å². The standard InChI is InChI=1S/C8H15N3O4S/c1-4(6(12)11-8(10)14)16-3-5(9)7(13)15-2/h4-5H,3,9H2,1-2H3,(H3,10,11,12,14). The molecule has 0 aromatic rings. The van der Waals surface area contributed by atoms with Crippen LogP contribution in [-0.2, 0) is 14.3 Å². The number of carbonyl (C=O) groups excluding carboxylic acids is 3.